The van der Waals surface area contributed by atoms with Crippen LogP contribution in [-0.2, 0) is 0 Å². The monoisotopic (exact) mass is 228 g/mol. The minimum absolute atomic E-state index is 0.154. The number of nitrogens with one attached hydrogen (secondary N) is 1. The topological polar surface area (TPSA) is 35.5 Å². The minimum Gasteiger partial charge on any atom is -0.394 e. The van der Waals surface area contributed by atoms with Crippen LogP contribution in [0.5, 0.6) is 0 Å². The van der Waals surface area contributed by atoms with Crippen LogP contribution < -0.4 is 5.32 Å². The summed E-state index contributed by atoms with van der Waals surface area (Å²) in [7, 11) is 0. The van der Waals surface area contributed by atoms with E-state index in [2.05, 4.69) is 31.0 Å². The van der Waals surface area contributed by atoms with E-state index in [4.69, 9.17) is 0 Å². The number of likely N-dealkylation sites (tertiary alicyclic amines) is 1. The highest BCUT2D eigenvalue weighted by atomic mass is 16.3. The van der Waals surface area contributed by atoms with Gasteiger partial charge >= 0.3 is 0 Å². The van der Waals surface area contributed by atoms with Crippen molar-refractivity contribution in [2.45, 2.75) is 58.0 Å². The van der Waals surface area contributed by atoms with Crippen LogP contribution >= 0.6 is 0 Å². The Morgan fingerprint density at radius 3 is 2.19 bits per heavy atom. The van der Waals surface area contributed by atoms with Gasteiger partial charge in [-0.25, -0.2) is 0 Å². The largest absolute Gasteiger partial charge is 0.394 e. The molecule has 1 heterocycles. The van der Waals surface area contributed by atoms with Crippen molar-refractivity contribution < 1.29 is 5.11 Å². The van der Waals surface area contributed by atoms with Crippen LogP contribution in [-0.4, -0.2) is 47.8 Å². The number of aliphatic hydroxyl groups excluding tert-OH is 1. The van der Waals surface area contributed by atoms with Crippen LogP contribution in [0.15, 0.2) is 0 Å². The molecule has 0 aromatic carbocycles. The Kier molecular flexibility index (Phi) is 5.73. The van der Waals surface area contributed by atoms with Crippen molar-refractivity contribution in [1.29, 1.82) is 0 Å². The summed E-state index contributed by atoms with van der Waals surface area (Å²) in [6, 6.07) is 0.420. The van der Waals surface area contributed by atoms with Gasteiger partial charge in [-0.05, 0) is 32.9 Å². The molecule has 1 saturated heterocycles. The molecule has 1 rings (SSSR count). The summed E-state index contributed by atoms with van der Waals surface area (Å²) in [6.45, 7) is 9.94. The van der Waals surface area contributed by atoms with E-state index in [0.717, 1.165) is 6.54 Å². The summed E-state index contributed by atoms with van der Waals surface area (Å²) < 4.78 is 0. The van der Waals surface area contributed by atoms with Crippen LogP contribution in [0.3, 0.4) is 0 Å². The summed E-state index contributed by atoms with van der Waals surface area (Å²) >= 11 is 0. The predicted molar refractivity (Wildman–Crippen MR) is 68.7 cm³/mol. The Labute approximate surface area is 100 Å². The molecule has 0 radical (unpaired) electrons. The molecule has 0 aromatic heterocycles. The number of hydrogen-bond donors (Lipinski definition) is 2. The maximum Gasteiger partial charge on any atom is 0.0623 e. The van der Waals surface area contributed by atoms with Gasteiger partial charge < -0.3 is 15.3 Å². The molecule has 0 aliphatic carbocycles. The third-order valence-corrected chi connectivity index (χ3v) is 3.26. The zero-order valence-corrected chi connectivity index (χ0v) is 11.1. The highest BCUT2D eigenvalue weighted by molar-refractivity contribution is 4.87. The molecule has 0 spiro atoms. The average molecular weight is 228 g/mol. The highest BCUT2D eigenvalue weighted by Crippen LogP contribution is 2.14. The lowest BCUT2D eigenvalue weighted by Crippen LogP contribution is -2.56. The third kappa shape index (κ3) is 4.81. The Balaban J connectivity index is 2.46. The first-order chi connectivity index (χ1) is 7.56. The van der Waals surface area contributed by atoms with Crippen molar-refractivity contribution in [1.82, 2.24) is 10.2 Å². The molecule has 16 heavy (non-hydrogen) atoms. The Morgan fingerprint density at radius 2 is 1.75 bits per heavy atom. The van der Waals surface area contributed by atoms with Crippen LogP contribution in [0.4, 0.5) is 0 Å². The predicted octanol–water partition coefficient (Wildman–Crippen LogP) is 1.61. The molecule has 0 bridgehead atoms. The molecule has 1 unspecified atom stereocenters. The molecular weight excluding hydrogens is 200 g/mol. The summed E-state index contributed by atoms with van der Waals surface area (Å²) in [5.74, 6) is 0. The van der Waals surface area contributed by atoms with E-state index in [-0.39, 0.29) is 12.1 Å². The van der Waals surface area contributed by atoms with Gasteiger partial charge in [0.2, 0.25) is 0 Å². The van der Waals surface area contributed by atoms with E-state index >= 15 is 0 Å². The third-order valence-electron chi connectivity index (χ3n) is 3.26. The lowest BCUT2D eigenvalue weighted by Gasteiger charge is -2.36. The van der Waals surface area contributed by atoms with Crippen LogP contribution in [0.25, 0.3) is 0 Å². The lowest BCUT2D eigenvalue weighted by atomic mass is 10.0. The van der Waals surface area contributed by atoms with E-state index in [1.165, 1.54) is 38.8 Å². The van der Waals surface area contributed by atoms with Gasteiger partial charge in [0.05, 0.1) is 12.1 Å². The first kappa shape index (κ1) is 13.9. The van der Waals surface area contributed by atoms with Gasteiger partial charge in [0.15, 0.2) is 0 Å². The summed E-state index contributed by atoms with van der Waals surface area (Å²) in [5, 5.41) is 13.0. The van der Waals surface area contributed by atoms with Gasteiger partial charge in [0.25, 0.3) is 0 Å². The summed E-state index contributed by atoms with van der Waals surface area (Å²) in [4.78, 5) is 2.50. The van der Waals surface area contributed by atoms with Crippen LogP contribution in [0, 0.1) is 0 Å². The molecular formula is C13H28N2O. The van der Waals surface area contributed by atoms with Gasteiger partial charge in [0.1, 0.15) is 0 Å². The number of hydrogen-bond acceptors (Lipinski definition) is 3. The standard InChI is InChI=1S/C13H28N2O/c1-12(2)14-13(3,11-16)10-15-8-6-4-5-7-9-15/h12,14,16H,4-11H2,1-3H3. The van der Waals surface area contributed by atoms with Crippen LogP contribution in [0.2, 0.25) is 0 Å². The molecule has 0 amide bonds. The molecule has 96 valence electrons. The Bertz CT molecular complexity index is 188. The molecule has 1 aliphatic rings. The van der Waals surface area contributed by atoms with E-state index < -0.39 is 0 Å². The molecule has 3 heteroatoms. The molecule has 0 saturated carbocycles. The smallest absolute Gasteiger partial charge is 0.0623 e. The number of rotatable bonds is 5. The number of aliphatic hydroxyl groups is 1. The van der Waals surface area contributed by atoms with Crippen molar-refractivity contribution in [2.24, 2.45) is 0 Å². The molecule has 2 N–H and O–H groups in total. The molecule has 1 fully saturated rings. The zero-order chi connectivity index (χ0) is 12.0. The second-order valence-electron chi connectivity index (χ2n) is 5.71. The lowest BCUT2D eigenvalue weighted by molar-refractivity contribution is 0.115. The van der Waals surface area contributed by atoms with Crippen molar-refractivity contribution in [3.8, 4) is 0 Å². The first-order valence-corrected chi connectivity index (χ1v) is 6.67. The fraction of sp³-hybridized carbons (Fsp3) is 1.00. The van der Waals surface area contributed by atoms with Gasteiger partial charge in [-0.2, -0.15) is 0 Å². The van der Waals surface area contributed by atoms with Crippen molar-refractivity contribution in [2.75, 3.05) is 26.2 Å². The van der Waals surface area contributed by atoms with Gasteiger partial charge in [-0.15, -0.1) is 0 Å². The second kappa shape index (κ2) is 6.58. The molecule has 0 aromatic rings. The summed E-state index contributed by atoms with van der Waals surface area (Å²) in [5.41, 5.74) is -0.154. The normalized spacial score (nSPS) is 23.1. The summed E-state index contributed by atoms with van der Waals surface area (Å²) in [6.07, 6.45) is 5.35. The molecule has 1 aliphatic heterocycles. The average Bonchev–Trinajstić information content (AvgIpc) is 2.45. The highest BCUT2D eigenvalue weighted by Gasteiger charge is 2.27. The van der Waals surface area contributed by atoms with Gasteiger partial charge in [-0.1, -0.05) is 26.7 Å². The van der Waals surface area contributed by atoms with Gasteiger partial charge in [-0.3, -0.25) is 0 Å². The fourth-order valence-electron chi connectivity index (χ4n) is 2.63. The van der Waals surface area contributed by atoms with Crippen molar-refractivity contribution in [3.63, 3.8) is 0 Å². The minimum atomic E-state index is -0.154. The van der Waals surface area contributed by atoms with Crippen molar-refractivity contribution in [3.05, 3.63) is 0 Å². The van der Waals surface area contributed by atoms with E-state index in [9.17, 15) is 5.11 Å². The van der Waals surface area contributed by atoms with E-state index in [1.807, 2.05) is 0 Å². The Morgan fingerprint density at radius 1 is 1.19 bits per heavy atom. The van der Waals surface area contributed by atoms with Gasteiger partial charge in [0, 0.05) is 12.6 Å². The SMILES string of the molecule is CC(C)NC(C)(CO)CN1CCCCCC1. The quantitative estimate of drug-likeness (QED) is 0.750. The maximum absolute atomic E-state index is 9.55. The molecule has 1 atom stereocenters. The maximum atomic E-state index is 9.55. The zero-order valence-electron chi connectivity index (χ0n) is 11.1. The van der Waals surface area contributed by atoms with Crippen LogP contribution in [0.1, 0.15) is 46.5 Å². The van der Waals surface area contributed by atoms with E-state index in [0.29, 0.717) is 6.04 Å². The Hall–Kier alpha value is -0.120. The second-order valence-corrected chi connectivity index (χ2v) is 5.71. The number of nitrogens with zero attached hydrogens (tertiary/aromatic N) is 1. The molecule has 3 nitrogen and oxygen atoms in total. The fourth-order valence-corrected chi connectivity index (χ4v) is 2.63. The van der Waals surface area contributed by atoms with Crippen molar-refractivity contribution >= 4 is 0 Å². The first-order valence-electron chi connectivity index (χ1n) is 6.67. The van der Waals surface area contributed by atoms with E-state index in [1.54, 1.807) is 0 Å².